The number of rotatable bonds is 7. The van der Waals surface area contributed by atoms with Gasteiger partial charge in [0.25, 0.3) is 0 Å². The Morgan fingerprint density at radius 3 is 2.60 bits per heavy atom. The van der Waals surface area contributed by atoms with Gasteiger partial charge in [0.05, 0.1) is 0 Å². The fourth-order valence-electron chi connectivity index (χ4n) is 3.14. The van der Waals surface area contributed by atoms with Gasteiger partial charge in [-0.3, -0.25) is 9.69 Å². The number of halogens is 2. The number of hydrogen-bond donors (Lipinski definition) is 2. The number of nitrogens with one attached hydrogen (secondary N) is 1. The largest absolute Gasteiger partial charge is 0.352 e. The van der Waals surface area contributed by atoms with Crippen LogP contribution in [0.3, 0.4) is 0 Å². The molecule has 6 heteroatoms. The van der Waals surface area contributed by atoms with Gasteiger partial charge in [-0.15, -0.1) is 24.8 Å². The van der Waals surface area contributed by atoms with Crippen molar-refractivity contribution >= 4 is 30.7 Å². The molecule has 0 bridgehead atoms. The zero-order chi connectivity index (χ0) is 16.7. The average molecular weight is 390 g/mol. The van der Waals surface area contributed by atoms with Crippen LogP contribution in [-0.2, 0) is 17.9 Å². The molecular weight excluding hydrogens is 357 g/mol. The molecule has 0 aromatic heterocycles. The number of amides is 1. The van der Waals surface area contributed by atoms with Gasteiger partial charge in [0.1, 0.15) is 0 Å². The maximum atomic E-state index is 11.9. The molecule has 144 valence electrons. The summed E-state index contributed by atoms with van der Waals surface area (Å²) in [6.45, 7) is 7.01. The maximum Gasteiger partial charge on any atom is 0.220 e. The van der Waals surface area contributed by atoms with Crippen LogP contribution in [0, 0.1) is 0 Å². The highest BCUT2D eigenvalue weighted by Crippen LogP contribution is 2.20. The fourth-order valence-corrected chi connectivity index (χ4v) is 3.14. The second-order valence-electron chi connectivity index (χ2n) is 6.88. The third kappa shape index (κ3) is 8.41. The van der Waals surface area contributed by atoms with E-state index in [0.29, 0.717) is 19.0 Å². The van der Waals surface area contributed by atoms with Crippen molar-refractivity contribution in [3.8, 4) is 0 Å². The van der Waals surface area contributed by atoms with Gasteiger partial charge in [-0.1, -0.05) is 30.7 Å². The lowest BCUT2D eigenvalue weighted by atomic mass is 10.0. The normalized spacial score (nSPS) is 18.6. The quantitative estimate of drug-likeness (QED) is 0.747. The minimum atomic E-state index is 0. The lowest BCUT2D eigenvalue weighted by Gasteiger charge is -2.33. The van der Waals surface area contributed by atoms with E-state index in [-0.39, 0.29) is 36.8 Å². The lowest BCUT2D eigenvalue weighted by Crippen LogP contribution is -2.37. The third-order valence-corrected chi connectivity index (χ3v) is 4.74. The van der Waals surface area contributed by atoms with Gasteiger partial charge in [-0.05, 0) is 50.8 Å². The Bertz CT molecular complexity index is 511. The zero-order valence-corrected chi connectivity index (χ0v) is 17.0. The maximum absolute atomic E-state index is 11.9. The van der Waals surface area contributed by atoms with Crippen molar-refractivity contribution in [1.29, 1.82) is 0 Å². The zero-order valence-electron chi connectivity index (χ0n) is 15.4. The Hall–Kier alpha value is -0.810. The molecule has 1 aromatic rings. The minimum absolute atomic E-state index is 0. The molecule has 0 spiro atoms. The van der Waals surface area contributed by atoms with Gasteiger partial charge in [-0.25, -0.2) is 0 Å². The Labute approximate surface area is 164 Å². The molecule has 1 aliphatic heterocycles. The monoisotopic (exact) mass is 389 g/mol. The standard InChI is InChI=1S/C19H31N3O.2ClH/c1-15(20)10-11-19(23)21-13-17-8-3-4-9-18(17)14-22-12-6-5-7-16(22)2;;/h3-4,8-9,15-16H,5-7,10-14,20H2,1-2H3,(H,21,23);2*1H. The number of nitrogens with two attached hydrogens (primary N) is 1. The van der Waals surface area contributed by atoms with Crippen molar-refractivity contribution < 1.29 is 4.79 Å². The Morgan fingerprint density at radius 2 is 1.96 bits per heavy atom. The van der Waals surface area contributed by atoms with E-state index >= 15 is 0 Å². The molecule has 1 aliphatic rings. The summed E-state index contributed by atoms with van der Waals surface area (Å²) in [4.78, 5) is 14.5. The van der Waals surface area contributed by atoms with Crippen LogP contribution in [0.2, 0.25) is 0 Å². The van der Waals surface area contributed by atoms with E-state index < -0.39 is 0 Å². The number of piperidine rings is 1. The van der Waals surface area contributed by atoms with E-state index in [0.717, 1.165) is 13.0 Å². The van der Waals surface area contributed by atoms with Crippen LogP contribution in [0.4, 0.5) is 0 Å². The van der Waals surface area contributed by atoms with E-state index in [1.807, 2.05) is 13.0 Å². The predicted octanol–water partition coefficient (Wildman–Crippen LogP) is 3.65. The van der Waals surface area contributed by atoms with Crippen LogP contribution in [0.25, 0.3) is 0 Å². The number of nitrogens with zero attached hydrogens (tertiary/aromatic N) is 1. The molecule has 2 rings (SSSR count). The van der Waals surface area contributed by atoms with Crippen LogP contribution in [0.15, 0.2) is 24.3 Å². The molecule has 4 nitrogen and oxygen atoms in total. The molecule has 2 atom stereocenters. The number of hydrogen-bond acceptors (Lipinski definition) is 3. The van der Waals surface area contributed by atoms with E-state index in [1.165, 1.54) is 36.9 Å². The number of carbonyl (C=O) groups excluding carboxylic acids is 1. The van der Waals surface area contributed by atoms with Crippen LogP contribution in [0.5, 0.6) is 0 Å². The average Bonchev–Trinajstić information content (AvgIpc) is 2.54. The van der Waals surface area contributed by atoms with Gasteiger partial charge in [0, 0.05) is 31.6 Å². The summed E-state index contributed by atoms with van der Waals surface area (Å²) in [6, 6.07) is 9.17. The SMILES string of the molecule is CC(N)CCC(=O)NCc1ccccc1CN1CCCCC1C.Cl.Cl. The molecule has 0 radical (unpaired) electrons. The summed E-state index contributed by atoms with van der Waals surface area (Å²) in [5.41, 5.74) is 8.25. The first-order valence-electron chi connectivity index (χ1n) is 8.89. The molecule has 0 aliphatic carbocycles. The van der Waals surface area contributed by atoms with Crippen molar-refractivity contribution in [2.24, 2.45) is 5.73 Å². The van der Waals surface area contributed by atoms with Gasteiger partial charge < -0.3 is 11.1 Å². The van der Waals surface area contributed by atoms with Gasteiger partial charge in [0.2, 0.25) is 5.91 Å². The number of likely N-dealkylation sites (tertiary alicyclic amines) is 1. The van der Waals surface area contributed by atoms with Crippen LogP contribution in [-0.4, -0.2) is 29.4 Å². The molecule has 1 aromatic carbocycles. The highest BCUT2D eigenvalue weighted by atomic mass is 35.5. The molecule has 1 amide bonds. The molecule has 0 saturated carbocycles. The molecule has 25 heavy (non-hydrogen) atoms. The van der Waals surface area contributed by atoms with Gasteiger partial charge in [-0.2, -0.15) is 0 Å². The van der Waals surface area contributed by atoms with Crippen LogP contribution < -0.4 is 11.1 Å². The smallest absolute Gasteiger partial charge is 0.220 e. The first kappa shape index (κ1) is 24.2. The van der Waals surface area contributed by atoms with E-state index in [4.69, 9.17) is 5.73 Å². The van der Waals surface area contributed by atoms with Crippen molar-refractivity contribution in [3.63, 3.8) is 0 Å². The van der Waals surface area contributed by atoms with Gasteiger partial charge in [0.15, 0.2) is 0 Å². The second kappa shape index (κ2) is 12.5. The van der Waals surface area contributed by atoms with Crippen molar-refractivity contribution in [3.05, 3.63) is 35.4 Å². The summed E-state index contributed by atoms with van der Waals surface area (Å²) in [5.74, 6) is 0.0865. The van der Waals surface area contributed by atoms with Crippen LogP contribution >= 0.6 is 24.8 Å². The number of carbonyl (C=O) groups is 1. The molecule has 2 unspecified atom stereocenters. The molecule has 1 fully saturated rings. The second-order valence-corrected chi connectivity index (χ2v) is 6.88. The summed E-state index contributed by atoms with van der Waals surface area (Å²) in [7, 11) is 0. The van der Waals surface area contributed by atoms with E-state index in [2.05, 4.69) is 35.3 Å². The summed E-state index contributed by atoms with van der Waals surface area (Å²) in [5, 5.41) is 3.03. The predicted molar refractivity (Wildman–Crippen MR) is 109 cm³/mol. The van der Waals surface area contributed by atoms with Crippen molar-refractivity contribution in [2.75, 3.05) is 6.54 Å². The summed E-state index contributed by atoms with van der Waals surface area (Å²) in [6.07, 6.45) is 5.16. The highest BCUT2D eigenvalue weighted by Gasteiger charge is 2.19. The topological polar surface area (TPSA) is 58.4 Å². The fraction of sp³-hybridized carbons (Fsp3) is 0.632. The lowest BCUT2D eigenvalue weighted by molar-refractivity contribution is -0.121. The molecule has 3 N–H and O–H groups in total. The Balaban J connectivity index is 0.00000288. The molecule has 1 saturated heterocycles. The van der Waals surface area contributed by atoms with E-state index in [9.17, 15) is 4.79 Å². The Kier molecular flexibility index (Phi) is 12.1. The summed E-state index contributed by atoms with van der Waals surface area (Å²) < 4.78 is 0. The first-order valence-corrected chi connectivity index (χ1v) is 8.89. The number of benzene rings is 1. The molecular formula is C19H33Cl2N3O. The Morgan fingerprint density at radius 1 is 1.28 bits per heavy atom. The first-order chi connectivity index (χ1) is 11.1. The minimum Gasteiger partial charge on any atom is -0.352 e. The van der Waals surface area contributed by atoms with Crippen molar-refractivity contribution in [2.45, 2.75) is 71.1 Å². The van der Waals surface area contributed by atoms with E-state index in [1.54, 1.807) is 0 Å². The van der Waals surface area contributed by atoms with Crippen LogP contribution in [0.1, 0.15) is 57.1 Å². The van der Waals surface area contributed by atoms with Crippen molar-refractivity contribution in [1.82, 2.24) is 10.2 Å². The van der Waals surface area contributed by atoms with Gasteiger partial charge >= 0.3 is 0 Å². The summed E-state index contributed by atoms with van der Waals surface area (Å²) >= 11 is 0. The molecule has 1 heterocycles. The third-order valence-electron chi connectivity index (χ3n) is 4.74. The highest BCUT2D eigenvalue weighted by molar-refractivity contribution is 5.85.